The van der Waals surface area contributed by atoms with Crippen molar-refractivity contribution in [2.24, 2.45) is 17.4 Å². The number of primary amides is 1. The molecule has 4 amide bonds. The Kier molecular flexibility index (Phi) is 26.9. The number of hydrogen-bond acceptors (Lipinski definition) is 13. The number of aliphatic hydroxyl groups excluding tert-OH is 3. The van der Waals surface area contributed by atoms with Gasteiger partial charge in [0, 0.05) is 26.4 Å². The summed E-state index contributed by atoms with van der Waals surface area (Å²) in [6.45, 7) is 5.16. The summed E-state index contributed by atoms with van der Waals surface area (Å²) in [5.74, 6) is -3.78. The average Bonchev–Trinajstić information content (AvgIpc) is 3.15. The number of likely N-dealkylation sites (N-methyl/N-ethyl adjacent to an activating group) is 1. The Hall–Kier alpha value is -2.25. The second-order valence-electron chi connectivity index (χ2n) is 15.2. The molecule has 18 nitrogen and oxygen atoms in total. The van der Waals surface area contributed by atoms with E-state index in [0.29, 0.717) is 6.42 Å². The minimum Gasteiger partial charge on any atom is -0.394 e. The number of nitrogens with zero attached hydrogens (tertiary/aromatic N) is 1. The molecule has 0 saturated carbocycles. The lowest BCUT2D eigenvalue weighted by Crippen LogP contribution is -2.65. The molecule has 1 saturated heterocycles. The molecule has 10 atom stereocenters. The van der Waals surface area contributed by atoms with Gasteiger partial charge in [-0.15, -0.1) is 0 Å². The summed E-state index contributed by atoms with van der Waals surface area (Å²) in [6.07, 6.45) is 9.46. The molecule has 57 heavy (non-hydrogen) atoms. The molecule has 19 heteroatoms. The van der Waals surface area contributed by atoms with E-state index < -0.39 is 92.8 Å². The first-order chi connectivity index (χ1) is 26.9. The third-order valence-corrected chi connectivity index (χ3v) is 11.1. The average molecular weight is 840 g/mol. The monoisotopic (exact) mass is 840 g/mol. The molecule has 1 rings (SSSR count). The fourth-order valence-corrected chi connectivity index (χ4v) is 7.63. The summed E-state index contributed by atoms with van der Waals surface area (Å²) < 4.78 is 33.9. The fourth-order valence-electron chi connectivity index (χ4n) is 6.87. The summed E-state index contributed by atoms with van der Waals surface area (Å²) in [7, 11) is -3.07. The third-order valence-electron chi connectivity index (χ3n) is 10.1. The highest BCUT2D eigenvalue weighted by molar-refractivity contribution is 7.47. The van der Waals surface area contributed by atoms with Gasteiger partial charge in [-0.25, -0.2) is 4.57 Å². The first-order valence-electron chi connectivity index (χ1n) is 20.7. The number of nitrogens with one attached hydrogen (secondary N) is 2. The van der Waals surface area contributed by atoms with Gasteiger partial charge in [-0.05, 0) is 33.1 Å². The highest BCUT2D eigenvalue weighted by Gasteiger charge is 2.46. The van der Waals surface area contributed by atoms with Crippen LogP contribution in [0.4, 0.5) is 0 Å². The van der Waals surface area contributed by atoms with Crippen LogP contribution in [0.25, 0.3) is 0 Å². The number of rotatable bonds is 32. The number of nitrogens with two attached hydrogens (primary N) is 2. The maximum absolute atomic E-state index is 13.6. The van der Waals surface area contributed by atoms with E-state index >= 15 is 0 Å². The van der Waals surface area contributed by atoms with Crippen molar-refractivity contribution in [1.82, 2.24) is 15.5 Å². The van der Waals surface area contributed by atoms with E-state index in [4.69, 9.17) is 30.0 Å². The Balaban J connectivity index is 2.73. The van der Waals surface area contributed by atoms with Crippen LogP contribution in [0, 0.1) is 5.92 Å². The molecule has 0 bridgehead atoms. The van der Waals surface area contributed by atoms with E-state index in [1.807, 2.05) is 0 Å². The fraction of sp³-hybridized carbons (Fsp3) is 0.895. The highest BCUT2D eigenvalue weighted by atomic mass is 31.2. The van der Waals surface area contributed by atoms with Crippen LogP contribution in [0.2, 0.25) is 0 Å². The number of phosphoric ester groups is 1. The zero-order valence-corrected chi connectivity index (χ0v) is 35.7. The van der Waals surface area contributed by atoms with Gasteiger partial charge in [-0.1, -0.05) is 90.4 Å². The molecule has 1 fully saturated rings. The van der Waals surface area contributed by atoms with Crippen molar-refractivity contribution < 1.29 is 62.5 Å². The van der Waals surface area contributed by atoms with E-state index in [1.165, 1.54) is 85.1 Å². The van der Waals surface area contributed by atoms with Gasteiger partial charge in [0.05, 0.1) is 32.0 Å². The van der Waals surface area contributed by atoms with Gasteiger partial charge in [0.2, 0.25) is 23.6 Å². The number of carbonyl (C=O) groups excluding carboxylic acids is 4. The molecule has 0 spiro atoms. The summed E-state index contributed by atoms with van der Waals surface area (Å²) in [5.41, 5.74) is 11.4. The number of carbonyl (C=O) groups is 4. The number of aliphatic hydroxyl groups is 3. The molecule has 3 unspecified atom stereocenters. The topological polar surface area (TPSA) is 283 Å². The summed E-state index contributed by atoms with van der Waals surface area (Å²) in [4.78, 5) is 61.8. The lowest BCUT2D eigenvalue weighted by Gasteiger charge is -2.43. The van der Waals surface area contributed by atoms with Crippen molar-refractivity contribution in [2.45, 2.75) is 179 Å². The number of unbranched alkanes of at least 4 members (excludes halogenated alkanes) is 13. The van der Waals surface area contributed by atoms with E-state index in [0.717, 1.165) is 24.2 Å². The standard InChI is InChI=1S/C38H74N5O13P/c1-6-7-8-9-10-11-12-13-14-15-16-17-18-19-21-53-57(51,52)54-22-20-41-36(48)29(24-30(35(40)47)43(5)37(49)27(3)39)23-26(2)55-34-32(42-28(4)45)38(50)56-31(25-44)33(34)46/h26-27,29-34,38,44,46,50H,6-25,39H2,1-5H3,(H2,40,47)(H,41,48)(H,42,45)(H,51,52)/t26?,27-,29?,30+,31+,32+,33+,34+,38-/m0/s1. The predicted molar refractivity (Wildman–Crippen MR) is 213 cm³/mol. The first kappa shape index (κ1) is 52.8. The second-order valence-corrected chi connectivity index (χ2v) is 16.7. The van der Waals surface area contributed by atoms with Gasteiger partial charge in [0.1, 0.15) is 30.4 Å². The number of hydrogen-bond donors (Lipinski definition) is 8. The molecule has 1 aliphatic heterocycles. The van der Waals surface area contributed by atoms with Crippen LogP contribution in [-0.4, -0.2) is 131 Å². The van der Waals surface area contributed by atoms with E-state index in [1.54, 1.807) is 6.92 Å². The molecule has 0 aromatic rings. The molecular weight excluding hydrogens is 765 g/mol. The van der Waals surface area contributed by atoms with E-state index in [9.17, 15) is 44.0 Å². The molecule has 1 aliphatic rings. The molecule has 10 N–H and O–H groups in total. The van der Waals surface area contributed by atoms with Gasteiger partial charge in [-0.2, -0.15) is 0 Å². The lowest BCUT2D eigenvalue weighted by molar-refractivity contribution is -0.268. The van der Waals surface area contributed by atoms with Gasteiger partial charge in [0.15, 0.2) is 6.29 Å². The number of ether oxygens (including phenoxy) is 2. The van der Waals surface area contributed by atoms with Gasteiger partial charge in [0.25, 0.3) is 0 Å². The van der Waals surface area contributed by atoms with Crippen molar-refractivity contribution >= 4 is 31.5 Å². The Labute approximate surface area is 339 Å². The summed E-state index contributed by atoms with van der Waals surface area (Å²) in [5, 5.41) is 36.1. The third kappa shape index (κ3) is 21.5. The van der Waals surface area contributed by atoms with Crippen LogP contribution >= 0.6 is 7.82 Å². The number of amides is 4. The van der Waals surface area contributed by atoms with Crippen LogP contribution in [0.3, 0.4) is 0 Å². The maximum Gasteiger partial charge on any atom is 0.472 e. The molecule has 0 aliphatic carbocycles. The van der Waals surface area contributed by atoms with Gasteiger partial charge < -0.3 is 56.7 Å². The normalized spacial score (nSPS) is 22.8. The Morgan fingerprint density at radius 2 is 1.40 bits per heavy atom. The van der Waals surface area contributed by atoms with E-state index in [2.05, 4.69) is 17.6 Å². The molecule has 0 radical (unpaired) electrons. The minimum absolute atomic E-state index is 0.0426. The van der Waals surface area contributed by atoms with Crippen LogP contribution < -0.4 is 22.1 Å². The lowest BCUT2D eigenvalue weighted by atomic mass is 9.91. The number of phosphoric acid groups is 1. The Morgan fingerprint density at radius 1 is 0.877 bits per heavy atom. The molecule has 1 heterocycles. The Bertz CT molecular complexity index is 1220. The van der Waals surface area contributed by atoms with Crippen molar-refractivity contribution in [3.63, 3.8) is 0 Å². The van der Waals surface area contributed by atoms with Gasteiger partial charge in [-0.3, -0.25) is 28.2 Å². The summed E-state index contributed by atoms with van der Waals surface area (Å²) >= 11 is 0. The molecule has 334 valence electrons. The smallest absolute Gasteiger partial charge is 0.394 e. The Morgan fingerprint density at radius 3 is 1.89 bits per heavy atom. The molecule has 0 aromatic heterocycles. The molecule has 0 aromatic carbocycles. The quantitative estimate of drug-likeness (QED) is 0.0356. The zero-order chi connectivity index (χ0) is 43.0. The van der Waals surface area contributed by atoms with E-state index in [-0.39, 0.29) is 32.6 Å². The maximum atomic E-state index is 13.6. The van der Waals surface area contributed by atoms with Crippen molar-refractivity contribution in [3.8, 4) is 0 Å². The largest absolute Gasteiger partial charge is 0.472 e. The second kappa shape index (κ2) is 29.1. The SMILES string of the molecule is CCCCCCCCCCCCCCCCOP(=O)(O)OCCNC(=O)C(CC(C)O[C@H]1[C@H](O)[C@@H](CO)O[C@H](O)[C@@H]1NC(C)=O)C[C@H](C(N)=O)N(C)C(=O)[C@H](C)N. The first-order valence-corrected chi connectivity index (χ1v) is 22.2. The van der Waals surface area contributed by atoms with Gasteiger partial charge >= 0.3 is 7.82 Å². The van der Waals surface area contributed by atoms with Crippen molar-refractivity contribution in [2.75, 3.05) is 33.4 Å². The predicted octanol–water partition coefficient (Wildman–Crippen LogP) is 2.12. The van der Waals surface area contributed by atoms with Crippen molar-refractivity contribution in [1.29, 1.82) is 0 Å². The summed E-state index contributed by atoms with van der Waals surface area (Å²) in [6, 6.07) is -3.49. The van der Waals surface area contributed by atoms with Crippen LogP contribution in [0.15, 0.2) is 0 Å². The van der Waals surface area contributed by atoms with Crippen molar-refractivity contribution in [3.05, 3.63) is 0 Å². The van der Waals surface area contributed by atoms with Crippen LogP contribution in [0.5, 0.6) is 0 Å². The van der Waals surface area contributed by atoms with Crippen LogP contribution in [-0.2, 0) is 42.3 Å². The highest BCUT2D eigenvalue weighted by Crippen LogP contribution is 2.43. The zero-order valence-electron chi connectivity index (χ0n) is 34.9. The molecular formula is C38H74N5O13P. The minimum atomic E-state index is -4.40. The van der Waals surface area contributed by atoms with Crippen LogP contribution in [0.1, 0.15) is 130 Å².